The molecule has 0 saturated carbocycles. The Kier molecular flexibility index (Phi) is 61.7. The highest BCUT2D eigenvalue weighted by Gasteiger charge is 2.44. The minimum atomic E-state index is -4.75. The number of carbonyl (C=O) groups is 5. The molecule has 2 unspecified atom stereocenters. The number of rotatable bonds is 81. The average Bonchev–Trinajstić information content (AvgIpc) is 0.791. The van der Waals surface area contributed by atoms with Gasteiger partial charge in [0.25, 0.3) is 17.7 Å². The molecule has 3 amide bonds. The highest BCUT2D eigenvalue weighted by molar-refractivity contribution is 7.90. The summed E-state index contributed by atoms with van der Waals surface area (Å²) in [6.07, 6.45) is 12.8. The fourth-order valence-corrected chi connectivity index (χ4v) is 12.3. The summed E-state index contributed by atoms with van der Waals surface area (Å²) in [5.74, 6) is -2.24. The van der Waals surface area contributed by atoms with Crippen LogP contribution in [0.3, 0.4) is 0 Å². The lowest BCUT2D eigenvalue weighted by atomic mass is 9.62. The Bertz CT molecular complexity index is 2910. The Morgan fingerprint density at radius 2 is 0.678 bits per heavy atom. The zero-order valence-electron chi connectivity index (χ0n) is 68.0. The van der Waals surface area contributed by atoms with E-state index >= 15 is 0 Å². The van der Waals surface area contributed by atoms with Gasteiger partial charge in [-0.05, 0) is 73.1 Å². The summed E-state index contributed by atoms with van der Waals surface area (Å²) in [5.41, 5.74) is 4.74. The molecule has 4 aliphatic carbocycles. The van der Waals surface area contributed by atoms with Gasteiger partial charge >= 0.3 is 5.97 Å². The Morgan fingerprint density at radius 3 is 0.991 bits per heavy atom. The maximum Gasteiger partial charge on any atom is 0.333 e. The number of hydroxylamine groups is 2. The molecule has 2 atom stereocenters. The summed E-state index contributed by atoms with van der Waals surface area (Å²) in [6, 6.07) is 0. The van der Waals surface area contributed by atoms with Crippen LogP contribution in [-0.2, 0) is 153 Å². The lowest BCUT2D eigenvalue weighted by Crippen LogP contribution is -2.37. The highest BCUT2D eigenvalue weighted by atomic mass is 32.2. The molecular formula is C79H129N2O33S-. The van der Waals surface area contributed by atoms with E-state index in [0.29, 0.717) is 358 Å². The van der Waals surface area contributed by atoms with E-state index in [1.807, 2.05) is 31.9 Å². The first-order valence-electron chi connectivity index (χ1n) is 39.8. The van der Waals surface area contributed by atoms with Crippen LogP contribution in [0.15, 0.2) is 80.6 Å². The van der Waals surface area contributed by atoms with Crippen LogP contribution >= 0.6 is 0 Å². The van der Waals surface area contributed by atoms with Crippen molar-refractivity contribution in [2.24, 2.45) is 11.8 Å². The standard InChI is InChI=1S/C78H128N2O32S.CH2O/c1-65-62-71(69-11-12-70-72(113(85,86)87)63-66(2)68-10-9-67(65)77(69)78(68)70)111-64-75(83)79(15-6-4-5-8-76(84)112-80-73(81)13-14-74(80)82)16-7-17-89-20-21-91-24-25-93-28-29-95-32-33-97-36-37-99-40-41-101-44-45-103-48-49-105-52-53-107-56-57-109-60-61-110-59-58-108-55-54-106-51-50-104-47-46-102-43-42-100-39-38-98-35-34-96-31-30-94-27-26-92-23-22-90-19-18-88-3;1-2/h9-12,62-63,77-78H,4-8,13-61,64H2,1-3H3,(H,85,86,87);1H2/p-1. The van der Waals surface area contributed by atoms with Crippen molar-refractivity contribution in [3.63, 3.8) is 0 Å². The van der Waals surface area contributed by atoms with E-state index < -0.39 is 33.8 Å². The number of hydrogen-bond donors (Lipinski definition) is 0. The number of ether oxygens (including phenoxy) is 24. The van der Waals surface area contributed by atoms with Crippen LogP contribution in [-0.4, -0.2) is 378 Å². The van der Waals surface area contributed by atoms with Crippen LogP contribution < -0.4 is 0 Å². The van der Waals surface area contributed by atoms with Gasteiger partial charge in [0, 0.05) is 63.5 Å². The van der Waals surface area contributed by atoms with E-state index in [4.69, 9.17) is 123 Å². The van der Waals surface area contributed by atoms with E-state index in [9.17, 15) is 32.1 Å². The third-order valence-corrected chi connectivity index (χ3v) is 18.1. The maximum atomic E-state index is 13.9. The van der Waals surface area contributed by atoms with Gasteiger partial charge in [-0.2, -0.15) is 0 Å². The van der Waals surface area contributed by atoms with Gasteiger partial charge in [0.1, 0.15) is 22.7 Å². The third kappa shape index (κ3) is 48.5. The highest BCUT2D eigenvalue weighted by Crippen LogP contribution is 2.54. The minimum Gasteiger partial charge on any atom is -0.744 e. The predicted molar refractivity (Wildman–Crippen MR) is 413 cm³/mol. The van der Waals surface area contributed by atoms with E-state index in [0.717, 1.165) is 22.3 Å². The van der Waals surface area contributed by atoms with Crippen molar-refractivity contribution in [3.05, 3.63) is 80.6 Å². The van der Waals surface area contributed by atoms with E-state index in [1.54, 1.807) is 31.1 Å². The summed E-state index contributed by atoms with van der Waals surface area (Å²) in [4.78, 5) is 64.5. The molecule has 660 valence electrons. The van der Waals surface area contributed by atoms with Crippen LogP contribution in [0.1, 0.15) is 58.8 Å². The second kappa shape index (κ2) is 69.5. The molecule has 35 nitrogen and oxygen atoms in total. The third-order valence-electron chi connectivity index (χ3n) is 17.2. The van der Waals surface area contributed by atoms with Gasteiger partial charge in [0.05, 0.1) is 296 Å². The lowest BCUT2D eigenvalue weighted by Gasteiger charge is -2.44. The van der Waals surface area contributed by atoms with Crippen molar-refractivity contribution in [1.29, 1.82) is 0 Å². The number of hydrogen-bond acceptors (Lipinski definition) is 33. The molecule has 0 spiro atoms. The van der Waals surface area contributed by atoms with Crippen molar-refractivity contribution in [2.75, 3.05) is 324 Å². The SMILES string of the molecule is C=O.COCCOCCOCCOCCOCCOCCOCCOCCOCCOCCOCCOCCOCCOCCOCCOCCOCCOCCOCCOCCOCCOCCOCCCN(CCCCCC(=O)ON1C(=O)CCC1=O)C(=O)COC1=CC(C)=C2C=CC3=C(C)C=C(S(=O)(=O)[O-])C4=CC=C1C2C43. The van der Waals surface area contributed by atoms with Gasteiger partial charge < -0.3 is 133 Å². The second-order valence-electron chi connectivity index (χ2n) is 25.6. The average molecular weight is 1670 g/mol. The first-order valence-corrected chi connectivity index (χ1v) is 41.2. The molecule has 0 aromatic rings. The fraction of sp³-hybridized carbons (Fsp3) is 0.759. The van der Waals surface area contributed by atoms with Crippen LogP contribution in [0, 0.1) is 11.8 Å². The van der Waals surface area contributed by atoms with Gasteiger partial charge in [-0.3, -0.25) is 14.4 Å². The molecule has 1 saturated heterocycles. The number of amides is 3. The molecule has 0 aromatic heterocycles. The molecule has 1 heterocycles. The predicted octanol–water partition coefficient (Wildman–Crippen LogP) is 3.86. The van der Waals surface area contributed by atoms with Crippen molar-refractivity contribution in [2.45, 2.75) is 58.8 Å². The molecule has 1 fully saturated rings. The number of nitrogens with zero attached hydrogens (tertiary/aromatic N) is 2. The van der Waals surface area contributed by atoms with Gasteiger partial charge in [-0.1, -0.05) is 30.7 Å². The van der Waals surface area contributed by atoms with Gasteiger partial charge in [-0.15, -0.1) is 5.06 Å². The monoisotopic (exact) mass is 1670 g/mol. The normalized spacial score (nSPS) is 15.8. The molecule has 5 aliphatic rings. The molecule has 5 rings (SSSR count). The van der Waals surface area contributed by atoms with Crippen LogP contribution in [0.4, 0.5) is 0 Å². The maximum absolute atomic E-state index is 13.9. The Hall–Kier alpha value is -5.28. The summed E-state index contributed by atoms with van der Waals surface area (Å²) in [6.45, 7) is 27.0. The van der Waals surface area contributed by atoms with E-state index in [1.165, 1.54) is 6.08 Å². The largest absolute Gasteiger partial charge is 0.744 e. The van der Waals surface area contributed by atoms with Gasteiger partial charge in [-0.25, -0.2) is 13.2 Å². The lowest BCUT2D eigenvalue weighted by molar-refractivity contribution is -0.197. The topological polar surface area (TPSA) is 380 Å². The quantitative estimate of drug-likeness (QED) is 0.0474. The molecular weight excluding hydrogens is 1540 g/mol. The summed E-state index contributed by atoms with van der Waals surface area (Å²) in [5, 5.41) is 0.534. The summed E-state index contributed by atoms with van der Waals surface area (Å²) in [7, 11) is -3.11. The van der Waals surface area contributed by atoms with Crippen LogP contribution in [0.25, 0.3) is 0 Å². The van der Waals surface area contributed by atoms with Gasteiger partial charge in [0.2, 0.25) is 0 Å². The van der Waals surface area contributed by atoms with Crippen molar-refractivity contribution in [3.8, 4) is 0 Å². The Morgan fingerprint density at radius 1 is 0.400 bits per heavy atom. The second-order valence-corrected chi connectivity index (χ2v) is 27.0. The van der Waals surface area contributed by atoms with E-state index in [2.05, 4.69) is 0 Å². The summed E-state index contributed by atoms with van der Waals surface area (Å²) < 4.78 is 170. The minimum absolute atomic E-state index is 0.00543. The first kappa shape index (κ1) is 102. The molecule has 1 aliphatic heterocycles. The first-order chi connectivity index (χ1) is 56.4. The molecule has 0 aromatic carbocycles. The molecule has 115 heavy (non-hydrogen) atoms. The molecule has 0 N–H and O–H groups in total. The number of carbonyl (C=O) groups excluding carboxylic acids is 5. The van der Waals surface area contributed by atoms with E-state index in [-0.39, 0.29) is 42.6 Å². The smallest absolute Gasteiger partial charge is 0.333 e. The van der Waals surface area contributed by atoms with Crippen LogP contribution in [0.5, 0.6) is 0 Å². The van der Waals surface area contributed by atoms with Crippen LogP contribution in [0.2, 0.25) is 0 Å². The fourth-order valence-electron chi connectivity index (χ4n) is 11.5. The van der Waals surface area contributed by atoms with Crippen molar-refractivity contribution < 1.29 is 155 Å². The summed E-state index contributed by atoms with van der Waals surface area (Å²) >= 11 is 0. The number of unbranched alkanes of at least 4 members (excludes halogenated alkanes) is 2. The van der Waals surface area contributed by atoms with Gasteiger partial charge in [0.15, 0.2) is 6.61 Å². The zero-order chi connectivity index (χ0) is 82.5. The Balaban J connectivity index is 0.0000138. The molecule has 0 bridgehead atoms. The number of methoxy groups -OCH3 is 1. The van der Waals surface area contributed by atoms with Crippen molar-refractivity contribution >= 4 is 40.6 Å². The number of allylic oxidation sites excluding steroid dienone is 12. The Labute approximate surface area is 678 Å². The molecule has 0 radical (unpaired) electrons. The van der Waals surface area contributed by atoms with Crippen molar-refractivity contribution in [1.82, 2.24) is 9.96 Å². The zero-order valence-corrected chi connectivity index (χ0v) is 68.8. The number of imide groups is 1. The molecule has 36 heteroatoms.